The summed E-state index contributed by atoms with van der Waals surface area (Å²) in [6.07, 6.45) is 7.29. The predicted molar refractivity (Wildman–Crippen MR) is 72.6 cm³/mol. The summed E-state index contributed by atoms with van der Waals surface area (Å²) in [5.74, 6) is -0.636. The van der Waals surface area contributed by atoms with Crippen molar-refractivity contribution in [2.24, 2.45) is 23.7 Å². The highest BCUT2D eigenvalue weighted by molar-refractivity contribution is 5.85. The fraction of sp³-hybridized carbons (Fsp3) is 0.867. The Hall–Kier alpha value is -1.06. The van der Waals surface area contributed by atoms with E-state index in [-0.39, 0.29) is 11.8 Å². The number of aliphatic carboxylic acids is 1. The van der Waals surface area contributed by atoms with E-state index < -0.39 is 11.9 Å². The summed E-state index contributed by atoms with van der Waals surface area (Å²) < 4.78 is 0. The van der Waals surface area contributed by atoms with E-state index in [0.717, 1.165) is 19.4 Å². The van der Waals surface area contributed by atoms with E-state index in [4.69, 9.17) is 0 Å². The molecule has 0 aromatic heterocycles. The lowest BCUT2D eigenvalue weighted by Gasteiger charge is -2.17. The van der Waals surface area contributed by atoms with Crippen LogP contribution in [0.15, 0.2) is 0 Å². The first kappa shape index (κ1) is 14.4. The Balaban J connectivity index is 1.87. The van der Waals surface area contributed by atoms with Crippen LogP contribution in [-0.4, -0.2) is 23.5 Å². The van der Waals surface area contributed by atoms with Gasteiger partial charge in [-0.3, -0.25) is 9.59 Å². The highest BCUT2D eigenvalue weighted by Crippen LogP contribution is 2.38. The average Bonchev–Trinajstić information content (AvgIpc) is 3.04. The van der Waals surface area contributed by atoms with Crippen LogP contribution in [0.1, 0.15) is 51.9 Å². The third-order valence-electron chi connectivity index (χ3n) is 4.93. The molecule has 2 aliphatic rings. The van der Waals surface area contributed by atoms with Crippen molar-refractivity contribution in [3.05, 3.63) is 0 Å². The van der Waals surface area contributed by atoms with Crippen LogP contribution in [0.4, 0.5) is 0 Å². The summed E-state index contributed by atoms with van der Waals surface area (Å²) in [6.45, 7) is 2.81. The molecule has 0 aromatic rings. The lowest BCUT2D eigenvalue weighted by atomic mass is 9.95. The van der Waals surface area contributed by atoms with Gasteiger partial charge in [-0.05, 0) is 37.5 Å². The van der Waals surface area contributed by atoms with E-state index in [2.05, 4.69) is 12.2 Å². The minimum absolute atomic E-state index is 0.0322. The Morgan fingerprint density at radius 3 is 2.32 bits per heavy atom. The van der Waals surface area contributed by atoms with E-state index in [0.29, 0.717) is 18.3 Å². The maximum atomic E-state index is 12.2. The van der Waals surface area contributed by atoms with E-state index in [1.54, 1.807) is 0 Å². The SMILES string of the molecule is CCC1CC(C(=O)O)C(C(=O)NCC2CCCC2)C1. The summed E-state index contributed by atoms with van der Waals surface area (Å²) in [4.78, 5) is 23.5. The van der Waals surface area contributed by atoms with Crippen molar-refractivity contribution >= 4 is 11.9 Å². The Morgan fingerprint density at radius 2 is 1.74 bits per heavy atom. The molecule has 0 spiro atoms. The van der Waals surface area contributed by atoms with Gasteiger partial charge in [0.1, 0.15) is 0 Å². The second-order valence-corrected chi connectivity index (χ2v) is 6.19. The number of rotatable bonds is 5. The van der Waals surface area contributed by atoms with Crippen LogP contribution in [0.3, 0.4) is 0 Å². The third-order valence-corrected chi connectivity index (χ3v) is 4.93. The van der Waals surface area contributed by atoms with Crippen LogP contribution < -0.4 is 5.32 Å². The first-order chi connectivity index (χ1) is 9.11. The lowest BCUT2D eigenvalue weighted by Crippen LogP contribution is -2.37. The van der Waals surface area contributed by atoms with Gasteiger partial charge in [0.05, 0.1) is 11.8 Å². The smallest absolute Gasteiger partial charge is 0.307 e. The molecule has 2 N–H and O–H groups in total. The van der Waals surface area contributed by atoms with Gasteiger partial charge in [-0.25, -0.2) is 0 Å². The van der Waals surface area contributed by atoms with Crippen molar-refractivity contribution in [1.29, 1.82) is 0 Å². The average molecular weight is 267 g/mol. The van der Waals surface area contributed by atoms with Crippen molar-refractivity contribution in [3.63, 3.8) is 0 Å². The van der Waals surface area contributed by atoms with Crippen LogP contribution in [-0.2, 0) is 9.59 Å². The van der Waals surface area contributed by atoms with Crippen molar-refractivity contribution in [2.45, 2.75) is 51.9 Å². The molecule has 19 heavy (non-hydrogen) atoms. The zero-order valence-electron chi connectivity index (χ0n) is 11.7. The lowest BCUT2D eigenvalue weighted by molar-refractivity contribution is -0.146. The fourth-order valence-corrected chi connectivity index (χ4v) is 3.63. The molecule has 2 aliphatic carbocycles. The zero-order valence-corrected chi connectivity index (χ0v) is 11.7. The molecule has 0 aromatic carbocycles. The summed E-state index contributed by atoms with van der Waals surface area (Å²) in [5.41, 5.74) is 0. The Labute approximate surface area is 115 Å². The number of carbonyl (C=O) groups is 2. The Bertz CT molecular complexity index is 336. The molecule has 0 radical (unpaired) electrons. The molecule has 3 atom stereocenters. The molecule has 108 valence electrons. The predicted octanol–water partition coefficient (Wildman–Crippen LogP) is 2.43. The van der Waals surface area contributed by atoms with Gasteiger partial charge in [-0.15, -0.1) is 0 Å². The van der Waals surface area contributed by atoms with Crippen LogP contribution in [0.2, 0.25) is 0 Å². The first-order valence-corrected chi connectivity index (χ1v) is 7.62. The summed E-state index contributed by atoms with van der Waals surface area (Å²) in [7, 11) is 0. The van der Waals surface area contributed by atoms with Gasteiger partial charge in [0.2, 0.25) is 5.91 Å². The highest BCUT2D eigenvalue weighted by atomic mass is 16.4. The molecule has 3 unspecified atom stereocenters. The van der Waals surface area contributed by atoms with Gasteiger partial charge in [0.25, 0.3) is 0 Å². The van der Waals surface area contributed by atoms with Gasteiger partial charge in [0, 0.05) is 6.54 Å². The van der Waals surface area contributed by atoms with Crippen LogP contribution in [0.5, 0.6) is 0 Å². The van der Waals surface area contributed by atoms with Gasteiger partial charge in [0.15, 0.2) is 0 Å². The minimum atomic E-state index is -0.808. The van der Waals surface area contributed by atoms with Crippen molar-refractivity contribution < 1.29 is 14.7 Å². The number of carbonyl (C=O) groups excluding carboxylic acids is 1. The molecule has 0 aliphatic heterocycles. The number of hydrogen-bond acceptors (Lipinski definition) is 2. The standard InChI is InChI=1S/C15H25NO3/c1-2-10-7-12(13(8-10)15(18)19)14(17)16-9-11-5-3-4-6-11/h10-13H,2-9H2,1H3,(H,16,17)(H,18,19). The number of nitrogens with one attached hydrogen (secondary N) is 1. The largest absolute Gasteiger partial charge is 0.481 e. The Kier molecular flexibility index (Phi) is 4.83. The maximum Gasteiger partial charge on any atom is 0.307 e. The van der Waals surface area contributed by atoms with E-state index in [1.165, 1.54) is 25.7 Å². The normalized spacial score (nSPS) is 31.5. The highest BCUT2D eigenvalue weighted by Gasteiger charge is 2.42. The summed E-state index contributed by atoms with van der Waals surface area (Å²) in [6, 6.07) is 0. The minimum Gasteiger partial charge on any atom is -0.481 e. The summed E-state index contributed by atoms with van der Waals surface area (Å²) >= 11 is 0. The zero-order chi connectivity index (χ0) is 13.8. The quantitative estimate of drug-likeness (QED) is 0.804. The van der Waals surface area contributed by atoms with Crippen molar-refractivity contribution in [3.8, 4) is 0 Å². The first-order valence-electron chi connectivity index (χ1n) is 7.62. The molecule has 4 heteroatoms. The molecule has 1 amide bonds. The molecule has 2 rings (SSSR count). The molecule has 0 saturated heterocycles. The fourth-order valence-electron chi connectivity index (χ4n) is 3.63. The number of amides is 1. The molecule has 2 saturated carbocycles. The molecular weight excluding hydrogens is 242 g/mol. The van der Waals surface area contributed by atoms with E-state index >= 15 is 0 Å². The third kappa shape index (κ3) is 3.48. The van der Waals surface area contributed by atoms with Crippen LogP contribution >= 0.6 is 0 Å². The Morgan fingerprint density at radius 1 is 1.11 bits per heavy atom. The number of carboxylic acid groups (broad SMARTS) is 1. The van der Waals surface area contributed by atoms with Gasteiger partial charge in [-0.1, -0.05) is 26.2 Å². The molecule has 0 heterocycles. The number of carboxylic acids is 1. The maximum absolute atomic E-state index is 12.2. The monoisotopic (exact) mass is 267 g/mol. The molecule has 4 nitrogen and oxygen atoms in total. The van der Waals surface area contributed by atoms with Crippen molar-refractivity contribution in [1.82, 2.24) is 5.32 Å². The second-order valence-electron chi connectivity index (χ2n) is 6.19. The topological polar surface area (TPSA) is 66.4 Å². The van der Waals surface area contributed by atoms with Crippen LogP contribution in [0, 0.1) is 23.7 Å². The van der Waals surface area contributed by atoms with E-state index in [1.807, 2.05) is 0 Å². The number of hydrogen-bond donors (Lipinski definition) is 2. The van der Waals surface area contributed by atoms with Gasteiger partial charge < -0.3 is 10.4 Å². The van der Waals surface area contributed by atoms with E-state index in [9.17, 15) is 14.7 Å². The van der Waals surface area contributed by atoms with Gasteiger partial charge >= 0.3 is 5.97 Å². The van der Waals surface area contributed by atoms with Crippen LogP contribution in [0.25, 0.3) is 0 Å². The van der Waals surface area contributed by atoms with Crippen molar-refractivity contribution in [2.75, 3.05) is 6.54 Å². The second kappa shape index (κ2) is 6.40. The summed E-state index contributed by atoms with van der Waals surface area (Å²) in [5, 5.41) is 12.2. The molecular formula is C15H25NO3. The molecule has 0 bridgehead atoms. The van der Waals surface area contributed by atoms with Gasteiger partial charge in [-0.2, -0.15) is 0 Å². The molecule has 2 fully saturated rings.